The second-order valence-electron chi connectivity index (χ2n) is 4.34. The molecule has 0 radical (unpaired) electrons. The molecule has 1 unspecified atom stereocenters. The minimum Gasteiger partial charge on any atom is -0.464 e. The van der Waals surface area contributed by atoms with Gasteiger partial charge >= 0.3 is 0 Å². The maximum atomic E-state index is 5.86. The van der Waals surface area contributed by atoms with Gasteiger partial charge in [0.2, 0.25) is 0 Å². The number of hydrogen-bond acceptors (Lipinski definition) is 4. The topological polar surface area (TPSA) is 38.1 Å². The van der Waals surface area contributed by atoms with E-state index in [0.29, 0.717) is 0 Å². The van der Waals surface area contributed by atoms with E-state index in [2.05, 4.69) is 36.3 Å². The average Bonchev–Trinajstić information content (AvgIpc) is 3.05. The summed E-state index contributed by atoms with van der Waals surface area (Å²) in [5.74, 6) is 2.09. The Labute approximate surface area is 112 Å². The molecule has 0 aliphatic carbocycles. The predicted octanol–water partition coefficient (Wildman–Crippen LogP) is 3.58. The first-order valence-corrected chi connectivity index (χ1v) is 7.40. The number of rotatable bonds is 7. The van der Waals surface area contributed by atoms with Crippen molar-refractivity contribution in [3.05, 3.63) is 40.2 Å². The van der Waals surface area contributed by atoms with Crippen molar-refractivity contribution in [2.45, 2.75) is 39.2 Å². The molecule has 1 atom stereocenters. The molecule has 3 nitrogen and oxygen atoms in total. The molecule has 0 amide bonds. The summed E-state index contributed by atoms with van der Waals surface area (Å²) in [6, 6.07) is 4.42. The molecule has 18 heavy (non-hydrogen) atoms. The molecule has 0 aliphatic rings. The summed E-state index contributed by atoms with van der Waals surface area (Å²) in [7, 11) is 0. The Bertz CT molecular complexity index is 450. The predicted molar refractivity (Wildman–Crippen MR) is 74.9 cm³/mol. The zero-order valence-electron chi connectivity index (χ0n) is 11.0. The van der Waals surface area contributed by atoms with Crippen molar-refractivity contribution in [3.63, 3.8) is 0 Å². The minimum atomic E-state index is 0.255. The van der Waals surface area contributed by atoms with Crippen molar-refractivity contribution in [3.8, 4) is 0 Å². The smallest absolute Gasteiger partial charge is 0.121 e. The van der Waals surface area contributed by atoms with Gasteiger partial charge in [0.05, 0.1) is 11.6 Å². The highest BCUT2D eigenvalue weighted by Gasteiger charge is 2.16. The van der Waals surface area contributed by atoms with Crippen LogP contribution in [0.2, 0.25) is 0 Å². The van der Waals surface area contributed by atoms with E-state index in [1.54, 1.807) is 11.3 Å². The highest BCUT2D eigenvalue weighted by molar-refractivity contribution is 7.09. The molecule has 0 spiro atoms. The number of furan rings is 1. The number of aryl methyl sites for hydroxylation is 1. The highest BCUT2D eigenvalue weighted by Crippen LogP contribution is 2.22. The Hall–Kier alpha value is -1.13. The average molecular weight is 264 g/mol. The molecule has 1 N–H and O–H groups in total. The number of thiazole rings is 1. The molecular formula is C14H20N2OS. The normalized spacial score (nSPS) is 12.8. The van der Waals surface area contributed by atoms with Crippen molar-refractivity contribution >= 4 is 11.3 Å². The van der Waals surface area contributed by atoms with Crippen LogP contribution in [-0.4, -0.2) is 11.5 Å². The third-order valence-electron chi connectivity index (χ3n) is 2.90. The van der Waals surface area contributed by atoms with Gasteiger partial charge in [-0.3, -0.25) is 4.98 Å². The van der Waals surface area contributed by atoms with Gasteiger partial charge in [-0.05, 0) is 25.1 Å². The van der Waals surface area contributed by atoms with E-state index in [4.69, 9.17) is 4.42 Å². The van der Waals surface area contributed by atoms with E-state index in [-0.39, 0.29) is 6.04 Å². The van der Waals surface area contributed by atoms with Gasteiger partial charge < -0.3 is 9.73 Å². The zero-order chi connectivity index (χ0) is 12.8. The fraction of sp³-hybridized carbons (Fsp3) is 0.500. The van der Waals surface area contributed by atoms with Crippen LogP contribution >= 0.6 is 11.3 Å². The quantitative estimate of drug-likeness (QED) is 0.830. The van der Waals surface area contributed by atoms with Crippen LogP contribution in [0, 0.1) is 0 Å². The number of hydrogen-bond donors (Lipinski definition) is 1. The molecule has 2 aromatic heterocycles. The standard InChI is InChI=1S/C14H20N2OS/c1-3-7-16-13(8-12-9-15-10-18-12)14-6-5-11(4-2)17-14/h5-6,9-10,13,16H,3-4,7-8H2,1-2H3. The maximum absolute atomic E-state index is 5.86. The molecular weight excluding hydrogens is 244 g/mol. The summed E-state index contributed by atoms with van der Waals surface area (Å²) in [4.78, 5) is 5.42. The number of nitrogens with one attached hydrogen (secondary N) is 1. The summed E-state index contributed by atoms with van der Waals surface area (Å²) < 4.78 is 5.86. The van der Waals surface area contributed by atoms with Crippen LogP contribution in [0.5, 0.6) is 0 Å². The van der Waals surface area contributed by atoms with Crippen molar-refractivity contribution in [2.24, 2.45) is 0 Å². The van der Waals surface area contributed by atoms with E-state index in [1.165, 1.54) is 4.88 Å². The van der Waals surface area contributed by atoms with Crippen molar-refractivity contribution in [1.82, 2.24) is 10.3 Å². The molecule has 0 aromatic carbocycles. The van der Waals surface area contributed by atoms with Crippen LogP contribution < -0.4 is 5.32 Å². The third-order valence-corrected chi connectivity index (χ3v) is 3.71. The van der Waals surface area contributed by atoms with Crippen LogP contribution in [0.1, 0.15) is 42.7 Å². The molecule has 0 fully saturated rings. The zero-order valence-corrected chi connectivity index (χ0v) is 11.8. The number of aromatic nitrogens is 1. The van der Waals surface area contributed by atoms with Crippen LogP contribution in [0.3, 0.4) is 0 Å². The van der Waals surface area contributed by atoms with Gasteiger partial charge in [-0.15, -0.1) is 11.3 Å². The van der Waals surface area contributed by atoms with Gasteiger partial charge in [0, 0.05) is 23.9 Å². The fourth-order valence-electron chi connectivity index (χ4n) is 1.91. The Morgan fingerprint density at radius 1 is 1.39 bits per heavy atom. The SMILES string of the molecule is CCCNC(Cc1cncs1)c1ccc(CC)o1. The first-order chi connectivity index (χ1) is 8.83. The second-order valence-corrected chi connectivity index (χ2v) is 5.31. The van der Waals surface area contributed by atoms with E-state index in [9.17, 15) is 0 Å². The highest BCUT2D eigenvalue weighted by atomic mass is 32.1. The van der Waals surface area contributed by atoms with Crippen molar-refractivity contribution < 1.29 is 4.42 Å². The van der Waals surface area contributed by atoms with Crippen LogP contribution in [0.4, 0.5) is 0 Å². The Morgan fingerprint density at radius 2 is 2.28 bits per heavy atom. The molecule has 0 saturated carbocycles. The van der Waals surface area contributed by atoms with E-state index in [0.717, 1.165) is 37.3 Å². The Morgan fingerprint density at radius 3 is 2.89 bits per heavy atom. The summed E-state index contributed by atoms with van der Waals surface area (Å²) in [5, 5.41) is 3.55. The molecule has 2 rings (SSSR count). The van der Waals surface area contributed by atoms with Gasteiger partial charge in [0.15, 0.2) is 0 Å². The van der Waals surface area contributed by atoms with Crippen LogP contribution in [0.25, 0.3) is 0 Å². The van der Waals surface area contributed by atoms with Crippen LogP contribution in [-0.2, 0) is 12.8 Å². The Balaban J connectivity index is 2.08. The lowest BCUT2D eigenvalue weighted by Gasteiger charge is -2.15. The summed E-state index contributed by atoms with van der Waals surface area (Å²) >= 11 is 1.70. The first kappa shape index (κ1) is 13.3. The van der Waals surface area contributed by atoms with Gasteiger partial charge in [-0.1, -0.05) is 13.8 Å². The van der Waals surface area contributed by atoms with Gasteiger partial charge in [-0.25, -0.2) is 0 Å². The van der Waals surface area contributed by atoms with E-state index < -0.39 is 0 Å². The minimum absolute atomic E-state index is 0.255. The summed E-state index contributed by atoms with van der Waals surface area (Å²) in [5.41, 5.74) is 1.88. The molecule has 98 valence electrons. The maximum Gasteiger partial charge on any atom is 0.121 e. The van der Waals surface area contributed by atoms with Gasteiger partial charge in [-0.2, -0.15) is 0 Å². The van der Waals surface area contributed by atoms with E-state index >= 15 is 0 Å². The number of nitrogens with zero attached hydrogens (tertiary/aromatic N) is 1. The molecule has 0 saturated heterocycles. The molecule has 4 heteroatoms. The largest absolute Gasteiger partial charge is 0.464 e. The van der Waals surface area contributed by atoms with Crippen molar-refractivity contribution in [1.29, 1.82) is 0 Å². The van der Waals surface area contributed by atoms with Gasteiger partial charge in [0.1, 0.15) is 11.5 Å². The third kappa shape index (κ3) is 3.43. The van der Waals surface area contributed by atoms with Crippen molar-refractivity contribution in [2.75, 3.05) is 6.54 Å². The second kappa shape index (κ2) is 6.71. The molecule has 2 heterocycles. The summed E-state index contributed by atoms with van der Waals surface area (Å²) in [6.45, 7) is 5.29. The van der Waals surface area contributed by atoms with Gasteiger partial charge in [0.25, 0.3) is 0 Å². The fourth-order valence-corrected chi connectivity index (χ4v) is 2.55. The monoisotopic (exact) mass is 264 g/mol. The lowest BCUT2D eigenvalue weighted by molar-refractivity contribution is 0.393. The molecule has 2 aromatic rings. The van der Waals surface area contributed by atoms with E-state index in [1.807, 2.05) is 11.7 Å². The molecule has 0 bridgehead atoms. The molecule has 0 aliphatic heterocycles. The van der Waals surface area contributed by atoms with Crippen LogP contribution in [0.15, 0.2) is 28.3 Å². The first-order valence-electron chi connectivity index (χ1n) is 6.52. The lowest BCUT2D eigenvalue weighted by atomic mass is 10.1. The Kier molecular flexibility index (Phi) is 4.96. The lowest BCUT2D eigenvalue weighted by Crippen LogP contribution is -2.23. The summed E-state index contributed by atoms with van der Waals surface area (Å²) in [6.07, 6.45) is 4.96.